The molecule has 0 fully saturated rings. The highest BCUT2D eigenvalue weighted by atomic mass is 16.6. The van der Waals surface area contributed by atoms with Gasteiger partial charge in [-0.25, -0.2) is 9.59 Å². The third kappa shape index (κ3) is 7.08. The van der Waals surface area contributed by atoms with Gasteiger partial charge in [0.05, 0.1) is 11.5 Å². The number of nitrogens with zero attached hydrogens (tertiary/aromatic N) is 1. The molecule has 0 radical (unpaired) electrons. The van der Waals surface area contributed by atoms with Crippen molar-refractivity contribution < 1.29 is 29.1 Å². The fourth-order valence-corrected chi connectivity index (χ4v) is 2.63. The van der Waals surface area contributed by atoms with Crippen LogP contribution >= 0.6 is 0 Å². The summed E-state index contributed by atoms with van der Waals surface area (Å²) in [5.74, 6) is -0.986. The van der Waals surface area contributed by atoms with E-state index >= 15 is 0 Å². The number of carbonyl (C=O) groups excluding carboxylic acids is 1. The van der Waals surface area contributed by atoms with Crippen molar-refractivity contribution in [2.45, 2.75) is 38.8 Å². The SMILES string of the molecule is CCCCOC(=O)N[C@@H](Cc1cc([N+](=O)[O-])ccc1OCc1ccccc1)C(=O)O. The highest BCUT2D eigenvalue weighted by Gasteiger charge is 2.24. The van der Waals surface area contributed by atoms with Gasteiger partial charge in [-0.2, -0.15) is 0 Å². The summed E-state index contributed by atoms with van der Waals surface area (Å²) < 4.78 is 10.7. The zero-order valence-electron chi connectivity index (χ0n) is 16.6. The van der Waals surface area contributed by atoms with Crippen molar-refractivity contribution in [1.29, 1.82) is 0 Å². The molecule has 0 aliphatic heterocycles. The van der Waals surface area contributed by atoms with E-state index in [0.29, 0.717) is 17.7 Å². The molecule has 0 bridgehead atoms. The van der Waals surface area contributed by atoms with E-state index in [1.807, 2.05) is 37.3 Å². The van der Waals surface area contributed by atoms with Crippen molar-refractivity contribution in [2.24, 2.45) is 0 Å². The van der Waals surface area contributed by atoms with E-state index in [-0.39, 0.29) is 25.3 Å². The largest absolute Gasteiger partial charge is 0.489 e. The molecule has 1 amide bonds. The number of benzene rings is 2. The highest BCUT2D eigenvalue weighted by molar-refractivity contribution is 5.80. The van der Waals surface area contributed by atoms with Gasteiger partial charge in [0, 0.05) is 24.1 Å². The van der Waals surface area contributed by atoms with Gasteiger partial charge in [0.15, 0.2) is 0 Å². The molecule has 30 heavy (non-hydrogen) atoms. The number of carboxylic acid groups (broad SMARTS) is 1. The maximum atomic E-state index is 11.9. The van der Waals surface area contributed by atoms with E-state index in [0.717, 1.165) is 12.0 Å². The van der Waals surface area contributed by atoms with E-state index in [2.05, 4.69) is 5.32 Å². The average Bonchev–Trinajstić information content (AvgIpc) is 2.73. The molecular formula is C21H24N2O7. The summed E-state index contributed by atoms with van der Waals surface area (Å²) in [4.78, 5) is 34.1. The summed E-state index contributed by atoms with van der Waals surface area (Å²) >= 11 is 0. The van der Waals surface area contributed by atoms with E-state index in [1.165, 1.54) is 18.2 Å². The second-order valence-electron chi connectivity index (χ2n) is 6.55. The second kappa shape index (κ2) is 11.4. The fourth-order valence-electron chi connectivity index (χ4n) is 2.63. The van der Waals surface area contributed by atoms with Gasteiger partial charge in [-0.15, -0.1) is 0 Å². The molecule has 0 saturated heterocycles. The van der Waals surface area contributed by atoms with Gasteiger partial charge in [-0.05, 0) is 18.1 Å². The Morgan fingerprint density at radius 2 is 1.93 bits per heavy atom. The predicted octanol–water partition coefficient (Wildman–Crippen LogP) is 3.70. The van der Waals surface area contributed by atoms with Gasteiger partial charge in [0.2, 0.25) is 0 Å². The van der Waals surface area contributed by atoms with Crippen LogP contribution in [0.2, 0.25) is 0 Å². The Kier molecular flexibility index (Phi) is 8.61. The Bertz CT molecular complexity index is 871. The molecule has 9 nitrogen and oxygen atoms in total. The minimum Gasteiger partial charge on any atom is -0.489 e. The van der Waals surface area contributed by atoms with Crippen molar-refractivity contribution in [3.8, 4) is 5.75 Å². The van der Waals surface area contributed by atoms with Gasteiger partial charge in [-0.3, -0.25) is 10.1 Å². The molecule has 1 atom stereocenters. The third-order valence-electron chi connectivity index (χ3n) is 4.24. The first-order valence-electron chi connectivity index (χ1n) is 9.50. The molecule has 0 heterocycles. The summed E-state index contributed by atoms with van der Waals surface area (Å²) in [6, 6.07) is 11.9. The van der Waals surface area contributed by atoms with Gasteiger partial charge in [0.25, 0.3) is 5.69 Å². The quantitative estimate of drug-likeness (QED) is 0.325. The molecule has 2 aromatic carbocycles. The topological polar surface area (TPSA) is 128 Å². The zero-order valence-corrected chi connectivity index (χ0v) is 16.6. The number of unbranched alkanes of at least 4 members (excludes halogenated alkanes) is 1. The summed E-state index contributed by atoms with van der Waals surface area (Å²) in [6.45, 7) is 2.31. The van der Waals surface area contributed by atoms with Gasteiger partial charge >= 0.3 is 12.1 Å². The van der Waals surface area contributed by atoms with Crippen LogP contribution in [0.4, 0.5) is 10.5 Å². The van der Waals surface area contributed by atoms with Gasteiger partial charge in [0.1, 0.15) is 18.4 Å². The van der Waals surface area contributed by atoms with Crippen molar-refractivity contribution in [3.63, 3.8) is 0 Å². The van der Waals surface area contributed by atoms with Crippen molar-refractivity contribution in [1.82, 2.24) is 5.32 Å². The molecule has 160 valence electrons. The Morgan fingerprint density at radius 1 is 1.20 bits per heavy atom. The molecule has 0 aromatic heterocycles. The lowest BCUT2D eigenvalue weighted by Crippen LogP contribution is -2.42. The van der Waals surface area contributed by atoms with E-state index in [4.69, 9.17) is 9.47 Å². The molecule has 2 rings (SSSR count). The fraction of sp³-hybridized carbons (Fsp3) is 0.333. The van der Waals surface area contributed by atoms with Crippen LogP contribution in [0.15, 0.2) is 48.5 Å². The Balaban J connectivity index is 2.17. The number of nitro benzene ring substituents is 1. The van der Waals surface area contributed by atoms with Crippen LogP contribution in [0.25, 0.3) is 0 Å². The molecule has 0 aliphatic rings. The van der Waals surface area contributed by atoms with E-state index < -0.39 is 23.0 Å². The normalized spacial score (nSPS) is 11.4. The van der Waals surface area contributed by atoms with Crippen LogP contribution in [-0.2, 0) is 22.6 Å². The molecule has 2 N–H and O–H groups in total. The zero-order chi connectivity index (χ0) is 21.9. The third-order valence-corrected chi connectivity index (χ3v) is 4.24. The second-order valence-corrected chi connectivity index (χ2v) is 6.55. The first kappa shape index (κ1) is 22.7. The Labute approximate surface area is 173 Å². The van der Waals surface area contributed by atoms with Gasteiger partial charge < -0.3 is 19.9 Å². The van der Waals surface area contributed by atoms with Crippen molar-refractivity contribution >= 4 is 17.7 Å². The Hall–Kier alpha value is -3.62. The molecule has 2 aromatic rings. The number of nitrogens with one attached hydrogen (secondary N) is 1. The number of hydrogen-bond acceptors (Lipinski definition) is 6. The highest BCUT2D eigenvalue weighted by Crippen LogP contribution is 2.26. The minimum atomic E-state index is -1.33. The van der Waals surface area contributed by atoms with Crippen LogP contribution in [0.3, 0.4) is 0 Å². The van der Waals surface area contributed by atoms with E-state index in [9.17, 15) is 24.8 Å². The molecule has 9 heteroatoms. The van der Waals surface area contributed by atoms with E-state index in [1.54, 1.807) is 0 Å². The lowest BCUT2D eigenvalue weighted by molar-refractivity contribution is -0.384. The number of alkyl carbamates (subject to hydrolysis) is 1. The number of non-ortho nitro benzene ring substituents is 1. The molecule has 0 saturated carbocycles. The summed E-state index contributed by atoms with van der Waals surface area (Å²) in [5, 5.41) is 22.9. The molecular weight excluding hydrogens is 392 g/mol. The van der Waals surface area contributed by atoms with Crippen molar-refractivity contribution in [3.05, 3.63) is 69.8 Å². The number of amides is 1. The number of carbonyl (C=O) groups is 2. The Morgan fingerprint density at radius 3 is 2.57 bits per heavy atom. The number of hydrogen-bond donors (Lipinski definition) is 2. The first-order valence-corrected chi connectivity index (χ1v) is 9.50. The summed E-state index contributed by atoms with van der Waals surface area (Å²) in [7, 11) is 0. The van der Waals surface area contributed by atoms with Crippen LogP contribution in [0.5, 0.6) is 5.75 Å². The average molecular weight is 416 g/mol. The first-order chi connectivity index (χ1) is 14.4. The number of carboxylic acids is 1. The van der Waals surface area contributed by atoms with Crippen LogP contribution < -0.4 is 10.1 Å². The number of aliphatic carboxylic acids is 1. The van der Waals surface area contributed by atoms with Crippen LogP contribution in [0, 0.1) is 10.1 Å². The van der Waals surface area contributed by atoms with Crippen LogP contribution in [-0.4, -0.2) is 34.7 Å². The molecule has 0 spiro atoms. The lowest BCUT2D eigenvalue weighted by atomic mass is 10.0. The smallest absolute Gasteiger partial charge is 0.407 e. The minimum absolute atomic E-state index is 0.177. The monoisotopic (exact) mass is 416 g/mol. The molecule has 0 unspecified atom stereocenters. The van der Waals surface area contributed by atoms with Gasteiger partial charge in [-0.1, -0.05) is 43.7 Å². The summed E-state index contributed by atoms with van der Waals surface area (Å²) in [6.07, 6.45) is 0.427. The lowest BCUT2D eigenvalue weighted by Gasteiger charge is -2.17. The standard InChI is InChI=1S/C21H24N2O7/c1-2-3-11-29-21(26)22-18(20(24)25)13-16-12-17(23(27)28)9-10-19(16)30-14-15-7-5-4-6-8-15/h4-10,12,18H,2-3,11,13-14H2,1H3,(H,22,26)(H,24,25)/t18-/m0/s1. The van der Waals surface area contributed by atoms with Crippen LogP contribution in [0.1, 0.15) is 30.9 Å². The number of nitro groups is 1. The predicted molar refractivity (Wildman–Crippen MR) is 108 cm³/mol. The molecule has 0 aliphatic carbocycles. The number of ether oxygens (including phenoxy) is 2. The maximum Gasteiger partial charge on any atom is 0.407 e. The number of rotatable bonds is 11. The maximum absolute atomic E-state index is 11.9. The van der Waals surface area contributed by atoms with Crippen molar-refractivity contribution in [2.75, 3.05) is 6.61 Å². The summed E-state index contributed by atoms with van der Waals surface area (Å²) in [5.41, 5.74) is 0.974.